The van der Waals surface area contributed by atoms with E-state index in [1.807, 2.05) is 24.3 Å². The Morgan fingerprint density at radius 2 is 2.06 bits per heavy atom. The maximum Gasteiger partial charge on any atom is 0.325 e. The molecule has 31 heavy (non-hydrogen) atoms. The summed E-state index contributed by atoms with van der Waals surface area (Å²) >= 11 is 1.47. The number of aromatic amines is 1. The van der Waals surface area contributed by atoms with Crippen molar-refractivity contribution in [3.05, 3.63) is 68.5 Å². The Kier molecular flexibility index (Phi) is 5.90. The Labute approximate surface area is 182 Å². The van der Waals surface area contributed by atoms with E-state index in [9.17, 15) is 20.0 Å². The van der Waals surface area contributed by atoms with Gasteiger partial charge in [-0.05, 0) is 35.4 Å². The highest BCUT2D eigenvalue weighted by molar-refractivity contribution is 7.99. The Morgan fingerprint density at radius 1 is 1.26 bits per heavy atom. The van der Waals surface area contributed by atoms with Crippen LogP contribution in [-0.4, -0.2) is 25.9 Å². The first-order valence-electron chi connectivity index (χ1n) is 10.0. The lowest BCUT2D eigenvalue weighted by Gasteiger charge is -2.22. The number of phenolic OH excluding ortho intramolecular Hbond substituents is 1. The molecule has 0 amide bonds. The van der Waals surface area contributed by atoms with Gasteiger partial charge in [0, 0.05) is 16.9 Å². The molecular formula is C21H22N5O4S+. The molecule has 0 radical (unpaired) electrons. The lowest BCUT2D eigenvalue weighted by molar-refractivity contribution is -0.759. The fourth-order valence-corrected chi connectivity index (χ4v) is 4.41. The summed E-state index contributed by atoms with van der Waals surface area (Å²) in [5, 5.41) is 29.6. The Morgan fingerprint density at radius 3 is 2.84 bits per heavy atom. The molecule has 160 valence electrons. The van der Waals surface area contributed by atoms with E-state index in [2.05, 4.69) is 22.3 Å². The molecule has 3 N–H and O–H groups in total. The van der Waals surface area contributed by atoms with Gasteiger partial charge in [-0.3, -0.25) is 19.9 Å². The van der Waals surface area contributed by atoms with Gasteiger partial charge in [-0.25, -0.2) is 0 Å². The molecule has 9 nitrogen and oxygen atoms in total. The number of hydrogen-bond acceptors (Lipinski definition) is 7. The second-order valence-corrected chi connectivity index (χ2v) is 8.29. The number of nitrogens with one attached hydrogen (secondary N) is 2. The van der Waals surface area contributed by atoms with Crippen molar-refractivity contribution in [2.75, 3.05) is 11.1 Å². The molecule has 0 aliphatic carbocycles. The zero-order valence-corrected chi connectivity index (χ0v) is 17.7. The molecule has 0 saturated heterocycles. The van der Waals surface area contributed by atoms with Gasteiger partial charge in [-0.15, -0.1) is 0 Å². The van der Waals surface area contributed by atoms with E-state index in [0.717, 1.165) is 30.7 Å². The van der Waals surface area contributed by atoms with Crippen LogP contribution in [0, 0.1) is 10.1 Å². The number of hydrogen-bond donors (Lipinski definition) is 3. The molecule has 4 rings (SSSR count). The summed E-state index contributed by atoms with van der Waals surface area (Å²) in [7, 11) is 0. The predicted octanol–water partition coefficient (Wildman–Crippen LogP) is 3.59. The van der Waals surface area contributed by atoms with Crippen LogP contribution in [-0.2, 0) is 0 Å². The van der Waals surface area contributed by atoms with Crippen LogP contribution < -0.4 is 15.6 Å². The Hall–Kier alpha value is -3.40. The number of phenols is 1. The van der Waals surface area contributed by atoms with Gasteiger partial charge in [0.15, 0.2) is 5.75 Å². The quantitative estimate of drug-likeness (QED) is 0.169. The van der Waals surface area contributed by atoms with Crippen molar-refractivity contribution in [2.24, 2.45) is 0 Å². The molecule has 0 bridgehead atoms. The number of aromatic hydroxyl groups is 1. The molecule has 1 aliphatic rings. The molecule has 0 spiro atoms. The van der Waals surface area contributed by atoms with Gasteiger partial charge >= 0.3 is 16.9 Å². The fraction of sp³-hybridized carbons (Fsp3) is 0.286. The molecule has 1 atom stereocenters. The van der Waals surface area contributed by atoms with E-state index in [1.165, 1.54) is 23.9 Å². The number of nitro benzene ring substituents is 1. The van der Waals surface area contributed by atoms with Gasteiger partial charge in [-0.1, -0.05) is 43.7 Å². The number of fused-ring (bicyclic) bond motifs is 3. The zero-order chi connectivity index (χ0) is 22.0. The summed E-state index contributed by atoms with van der Waals surface area (Å²) < 4.78 is 1.57. The van der Waals surface area contributed by atoms with Crippen molar-refractivity contribution in [1.29, 1.82) is 0 Å². The van der Waals surface area contributed by atoms with Crippen LogP contribution in [0.15, 0.2) is 52.4 Å². The number of H-pyrrole nitrogens is 1. The Bertz CT molecular complexity index is 1200. The lowest BCUT2D eigenvalue weighted by atomic mass is 10.0. The minimum Gasteiger partial charge on any atom is -0.502 e. The number of nitrogens with zero attached hydrogens (tertiary/aromatic N) is 3. The van der Waals surface area contributed by atoms with Crippen LogP contribution in [0.3, 0.4) is 0 Å². The van der Waals surface area contributed by atoms with Gasteiger partial charge in [0.25, 0.3) is 6.17 Å². The van der Waals surface area contributed by atoms with Crippen LogP contribution in [0.4, 0.5) is 11.4 Å². The number of rotatable bonds is 7. The Balaban J connectivity index is 1.82. The summed E-state index contributed by atoms with van der Waals surface area (Å²) in [5.41, 5.74) is 1.61. The number of para-hydroxylation sites is 1. The van der Waals surface area contributed by atoms with Gasteiger partial charge < -0.3 is 10.4 Å². The van der Waals surface area contributed by atoms with Crippen LogP contribution in [0.25, 0.3) is 11.3 Å². The predicted molar refractivity (Wildman–Crippen MR) is 117 cm³/mol. The lowest BCUT2D eigenvalue weighted by Crippen LogP contribution is -2.55. The second kappa shape index (κ2) is 8.76. The minimum atomic E-state index is -0.651. The third-order valence-corrected chi connectivity index (χ3v) is 6.03. The maximum absolute atomic E-state index is 13.0. The largest absolute Gasteiger partial charge is 0.502 e. The number of benzene rings is 2. The average Bonchev–Trinajstić information content (AvgIpc) is 2.76. The first-order valence-corrected chi connectivity index (χ1v) is 11.0. The molecule has 1 aliphatic heterocycles. The van der Waals surface area contributed by atoms with E-state index >= 15 is 0 Å². The average molecular weight is 441 g/mol. The first-order chi connectivity index (χ1) is 15.0. The molecule has 2 heterocycles. The van der Waals surface area contributed by atoms with E-state index in [1.54, 1.807) is 10.7 Å². The molecular weight excluding hydrogens is 418 g/mol. The van der Waals surface area contributed by atoms with E-state index in [4.69, 9.17) is 0 Å². The molecule has 2 aromatic carbocycles. The molecule has 0 fully saturated rings. The normalized spacial score (nSPS) is 14.4. The summed E-state index contributed by atoms with van der Waals surface area (Å²) in [6.45, 7) is 2.13. The van der Waals surface area contributed by atoms with E-state index in [-0.39, 0.29) is 5.56 Å². The molecule has 0 saturated carbocycles. The molecule has 0 unspecified atom stereocenters. The fourth-order valence-electron chi connectivity index (χ4n) is 3.56. The van der Waals surface area contributed by atoms with Crippen LogP contribution in [0.2, 0.25) is 0 Å². The summed E-state index contributed by atoms with van der Waals surface area (Å²) in [6.07, 6.45) is 2.57. The van der Waals surface area contributed by atoms with Crippen molar-refractivity contribution in [3.63, 3.8) is 0 Å². The topological polar surface area (TPSA) is 125 Å². The number of aromatic nitrogens is 3. The smallest absolute Gasteiger partial charge is 0.325 e. The zero-order valence-electron chi connectivity index (χ0n) is 16.9. The maximum atomic E-state index is 13.0. The third kappa shape index (κ3) is 4.11. The van der Waals surface area contributed by atoms with Crippen molar-refractivity contribution in [2.45, 2.75) is 37.5 Å². The first kappa shape index (κ1) is 20.9. The van der Waals surface area contributed by atoms with Crippen LogP contribution in [0.1, 0.15) is 37.9 Å². The second-order valence-electron chi connectivity index (χ2n) is 7.21. The van der Waals surface area contributed by atoms with E-state index in [0.29, 0.717) is 22.0 Å². The van der Waals surface area contributed by atoms with Crippen LogP contribution in [0.5, 0.6) is 5.75 Å². The van der Waals surface area contributed by atoms with Crippen molar-refractivity contribution < 1.29 is 14.7 Å². The number of nitro groups is 1. The van der Waals surface area contributed by atoms with Gasteiger partial charge in [-0.2, -0.15) is 0 Å². The number of thioether (sulfide) groups is 1. The number of anilines is 1. The summed E-state index contributed by atoms with van der Waals surface area (Å²) in [5.74, 6) is 0.413. The summed E-state index contributed by atoms with van der Waals surface area (Å²) in [6, 6.07) is 11.5. The molecule has 10 heteroatoms. The summed E-state index contributed by atoms with van der Waals surface area (Å²) in [4.78, 5) is 26.6. The van der Waals surface area contributed by atoms with Crippen molar-refractivity contribution >= 4 is 23.1 Å². The monoisotopic (exact) mass is 440 g/mol. The van der Waals surface area contributed by atoms with Gasteiger partial charge in [0.05, 0.1) is 21.7 Å². The third-order valence-electron chi connectivity index (χ3n) is 5.08. The SMILES string of the molecule is CCCCCSc1n[n+]2c(c(=O)[nH]1)-c1ccccc1N[C@@H]2c1ccc(O)c([N+](=O)[O-])c1. The number of unbranched alkanes of at least 4 members (excludes halogenated alkanes) is 2. The van der Waals surface area contributed by atoms with Gasteiger partial charge in [0.1, 0.15) is 0 Å². The highest BCUT2D eigenvalue weighted by Gasteiger charge is 2.38. The van der Waals surface area contributed by atoms with Gasteiger partial charge in [0.2, 0.25) is 5.16 Å². The molecule has 3 aromatic rings. The highest BCUT2D eigenvalue weighted by Crippen LogP contribution is 2.34. The van der Waals surface area contributed by atoms with Crippen LogP contribution >= 0.6 is 11.8 Å². The molecule has 1 aromatic heterocycles. The minimum absolute atomic E-state index is 0.278. The van der Waals surface area contributed by atoms with Crippen molar-refractivity contribution in [3.8, 4) is 17.0 Å². The highest BCUT2D eigenvalue weighted by atomic mass is 32.2. The van der Waals surface area contributed by atoms with Crippen molar-refractivity contribution in [1.82, 2.24) is 10.1 Å². The standard InChI is InChI=1S/C21H21N5O4S/c1-2-3-6-11-31-21-23-20(28)18-14-7-4-5-8-15(14)22-19(25(18)24-21)13-9-10-17(27)16(12-13)26(29)30/h4-5,7-10,12,19H,2-3,6,11H2,1H3,(H2,23,24,27,28)/p+1/t19-/m0/s1. The van der Waals surface area contributed by atoms with E-state index < -0.39 is 22.5 Å².